The van der Waals surface area contributed by atoms with Gasteiger partial charge in [-0.25, -0.2) is 0 Å². The molecule has 0 bridgehead atoms. The maximum absolute atomic E-state index is 12.1. The Morgan fingerprint density at radius 1 is 1.37 bits per heavy atom. The number of rotatable bonds is 7. The van der Waals surface area contributed by atoms with E-state index in [1.165, 1.54) is 0 Å². The fourth-order valence-corrected chi connectivity index (χ4v) is 1.75. The fraction of sp³-hybridized carbons (Fsp3) is 0.500. The number of amides is 1. The van der Waals surface area contributed by atoms with Gasteiger partial charge in [-0.15, -0.1) is 0 Å². The predicted octanol–water partition coefficient (Wildman–Crippen LogP) is 1.72. The van der Waals surface area contributed by atoms with E-state index in [-0.39, 0.29) is 18.3 Å². The number of hydrogen-bond donors (Lipinski definition) is 1. The van der Waals surface area contributed by atoms with Gasteiger partial charge >= 0.3 is 0 Å². The highest BCUT2D eigenvalue weighted by molar-refractivity contribution is 5.95. The lowest BCUT2D eigenvalue weighted by Gasteiger charge is -2.23. The summed E-state index contributed by atoms with van der Waals surface area (Å²) in [6, 6.07) is 4.98. The number of aryl methyl sites for hydroxylation is 1. The number of methoxy groups -OCH3 is 1. The molecule has 0 unspecified atom stereocenters. The number of ether oxygens (including phenoxy) is 2. The van der Waals surface area contributed by atoms with Gasteiger partial charge in [-0.05, 0) is 25.5 Å². The molecule has 1 rings (SSSR count). The summed E-state index contributed by atoms with van der Waals surface area (Å²) in [5.41, 5.74) is 1.65. The van der Waals surface area contributed by atoms with Crippen molar-refractivity contribution in [1.82, 2.24) is 0 Å². The van der Waals surface area contributed by atoms with Crippen LogP contribution >= 0.6 is 0 Å². The molecule has 0 aromatic heterocycles. The molecule has 5 heteroatoms. The molecule has 0 atom stereocenters. The Morgan fingerprint density at radius 2 is 2.11 bits per heavy atom. The summed E-state index contributed by atoms with van der Waals surface area (Å²) in [5.74, 6) is 0.0134. The summed E-state index contributed by atoms with van der Waals surface area (Å²) in [4.78, 5) is 13.7. The Balaban J connectivity index is 2.71. The molecule has 0 fully saturated rings. The number of anilines is 1. The molecule has 0 heterocycles. The number of phenolic OH excluding ortho intramolecular Hbond substituents is 1. The first-order chi connectivity index (χ1) is 9.10. The van der Waals surface area contributed by atoms with Gasteiger partial charge in [0.2, 0.25) is 0 Å². The molecule has 1 N–H and O–H groups in total. The number of benzene rings is 1. The van der Waals surface area contributed by atoms with E-state index in [0.29, 0.717) is 25.4 Å². The van der Waals surface area contributed by atoms with E-state index in [1.54, 1.807) is 30.2 Å². The minimum atomic E-state index is -0.132. The molecule has 19 heavy (non-hydrogen) atoms. The van der Waals surface area contributed by atoms with Gasteiger partial charge in [0.05, 0.1) is 18.9 Å². The lowest BCUT2D eigenvalue weighted by molar-refractivity contribution is -0.123. The van der Waals surface area contributed by atoms with E-state index in [1.807, 2.05) is 13.8 Å². The molecule has 0 saturated heterocycles. The number of carbonyl (C=O) groups is 1. The third-order valence-electron chi connectivity index (χ3n) is 2.76. The molecule has 106 valence electrons. The summed E-state index contributed by atoms with van der Waals surface area (Å²) < 4.78 is 10.1. The van der Waals surface area contributed by atoms with Gasteiger partial charge in [0, 0.05) is 19.7 Å². The minimum absolute atomic E-state index is 0.00625. The SMILES string of the molecule is CCN(C(=O)COCCOC)c1cc(O)ccc1C. The van der Waals surface area contributed by atoms with Gasteiger partial charge in [0.1, 0.15) is 12.4 Å². The third kappa shape index (κ3) is 4.54. The molecule has 0 radical (unpaired) electrons. The van der Waals surface area contributed by atoms with Crippen LogP contribution in [-0.4, -0.2) is 44.5 Å². The highest BCUT2D eigenvalue weighted by Crippen LogP contribution is 2.24. The second kappa shape index (κ2) is 7.76. The van der Waals surface area contributed by atoms with Crippen molar-refractivity contribution < 1.29 is 19.4 Å². The van der Waals surface area contributed by atoms with Crippen molar-refractivity contribution in [2.24, 2.45) is 0 Å². The summed E-state index contributed by atoms with van der Waals surface area (Å²) in [6.45, 7) is 5.17. The van der Waals surface area contributed by atoms with Crippen LogP contribution in [0.15, 0.2) is 18.2 Å². The van der Waals surface area contributed by atoms with E-state index in [4.69, 9.17) is 9.47 Å². The maximum atomic E-state index is 12.1. The topological polar surface area (TPSA) is 59.0 Å². The molecule has 0 spiro atoms. The Bertz CT molecular complexity index is 420. The van der Waals surface area contributed by atoms with Crippen LogP contribution in [0.4, 0.5) is 5.69 Å². The molecule has 1 aromatic rings. The third-order valence-corrected chi connectivity index (χ3v) is 2.76. The van der Waals surface area contributed by atoms with Crippen molar-refractivity contribution in [3.8, 4) is 5.75 Å². The molecule has 0 aliphatic heterocycles. The first-order valence-electron chi connectivity index (χ1n) is 6.26. The fourth-order valence-electron chi connectivity index (χ4n) is 1.75. The normalized spacial score (nSPS) is 10.5. The lowest BCUT2D eigenvalue weighted by atomic mass is 10.1. The van der Waals surface area contributed by atoms with Crippen LogP contribution in [0.2, 0.25) is 0 Å². The Kier molecular flexibility index (Phi) is 6.32. The Hall–Kier alpha value is -1.59. The standard InChI is InChI=1S/C14H21NO4/c1-4-15(14(17)10-19-8-7-18-3)13-9-12(16)6-5-11(13)2/h5-6,9,16H,4,7-8,10H2,1-3H3. The smallest absolute Gasteiger partial charge is 0.252 e. The van der Waals surface area contributed by atoms with Crippen molar-refractivity contribution in [3.63, 3.8) is 0 Å². The number of hydrogen-bond acceptors (Lipinski definition) is 4. The van der Waals surface area contributed by atoms with Gasteiger partial charge in [0.15, 0.2) is 0 Å². The summed E-state index contributed by atoms with van der Waals surface area (Å²) >= 11 is 0. The van der Waals surface area contributed by atoms with Crippen molar-refractivity contribution in [2.45, 2.75) is 13.8 Å². The predicted molar refractivity (Wildman–Crippen MR) is 73.6 cm³/mol. The molecule has 5 nitrogen and oxygen atoms in total. The lowest BCUT2D eigenvalue weighted by Crippen LogP contribution is -2.34. The molecular weight excluding hydrogens is 246 g/mol. The van der Waals surface area contributed by atoms with Gasteiger partial charge in [-0.3, -0.25) is 4.79 Å². The molecule has 0 aliphatic rings. The average Bonchev–Trinajstić information content (AvgIpc) is 2.39. The monoisotopic (exact) mass is 267 g/mol. The van der Waals surface area contributed by atoms with Crippen LogP contribution in [0.25, 0.3) is 0 Å². The second-order valence-electron chi connectivity index (χ2n) is 4.15. The van der Waals surface area contributed by atoms with Crippen LogP contribution in [0.5, 0.6) is 5.75 Å². The van der Waals surface area contributed by atoms with Crippen LogP contribution in [0.3, 0.4) is 0 Å². The van der Waals surface area contributed by atoms with E-state index in [0.717, 1.165) is 5.56 Å². The Morgan fingerprint density at radius 3 is 2.74 bits per heavy atom. The Labute approximate surface area is 113 Å². The zero-order valence-electron chi connectivity index (χ0n) is 11.7. The first-order valence-corrected chi connectivity index (χ1v) is 6.26. The number of nitrogens with zero attached hydrogens (tertiary/aromatic N) is 1. The molecule has 0 saturated carbocycles. The number of phenols is 1. The van der Waals surface area contributed by atoms with Gasteiger partial charge in [0.25, 0.3) is 5.91 Å². The largest absolute Gasteiger partial charge is 0.508 e. The molecule has 1 amide bonds. The maximum Gasteiger partial charge on any atom is 0.252 e. The van der Waals surface area contributed by atoms with E-state index in [9.17, 15) is 9.90 Å². The van der Waals surface area contributed by atoms with Gasteiger partial charge < -0.3 is 19.5 Å². The van der Waals surface area contributed by atoms with Crippen molar-refractivity contribution in [2.75, 3.05) is 38.4 Å². The van der Waals surface area contributed by atoms with E-state index < -0.39 is 0 Å². The van der Waals surface area contributed by atoms with Gasteiger partial charge in [-0.2, -0.15) is 0 Å². The van der Waals surface area contributed by atoms with E-state index >= 15 is 0 Å². The number of likely N-dealkylation sites (N-methyl/N-ethyl adjacent to an activating group) is 1. The quantitative estimate of drug-likeness (QED) is 0.764. The molecule has 0 aliphatic carbocycles. The highest BCUT2D eigenvalue weighted by Gasteiger charge is 2.16. The molecule has 1 aromatic carbocycles. The van der Waals surface area contributed by atoms with Crippen LogP contribution < -0.4 is 4.90 Å². The number of aromatic hydroxyl groups is 1. The highest BCUT2D eigenvalue weighted by atomic mass is 16.5. The van der Waals surface area contributed by atoms with Gasteiger partial charge in [-0.1, -0.05) is 6.07 Å². The van der Waals surface area contributed by atoms with Crippen molar-refractivity contribution in [3.05, 3.63) is 23.8 Å². The molecular formula is C14H21NO4. The summed E-state index contributed by atoms with van der Waals surface area (Å²) in [6.07, 6.45) is 0. The minimum Gasteiger partial charge on any atom is -0.508 e. The van der Waals surface area contributed by atoms with Crippen LogP contribution in [0.1, 0.15) is 12.5 Å². The second-order valence-corrected chi connectivity index (χ2v) is 4.15. The first kappa shape index (κ1) is 15.5. The summed E-state index contributed by atoms with van der Waals surface area (Å²) in [7, 11) is 1.58. The van der Waals surface area contributed by atoms with Crippen LogP contribution in [0, 0.1) is 6.92 Å². The van der Waals surface area contributed by atoms with Crippen LogP contribution in [-0.2, 0) is 14.3 Å². The average molecular weight is 267 g/mol. The number of carbonyl (C=O) groups excluding carboxylic acids is 1. The summed E-state index contributed by atoms with van der Waals surface area (Å²) in [5, 5.41) is 9.52. The zero-order valence-corrected chi connectivity index (χ0v) is 11.7. The van der Waals surface area contributed by atoms with Crippen molar-refractivity contribution in [1.29, 1.82) is 0 Å². The van der Waals surface area contributed by atoms with E-state index in [2.05, 4.69) is 0 Å². The zero-order chi connectivity index (χ0) is 14.3. The van der Waals surface area contributed by atoms with Crippen molar-refractivity contribution >= 4 is 11.6 Å².